The van der Waals surface area contributed by atoms with Gasteiger partial charge in [-0.2, -0.15) is 5.26 Å². The average molecular weight is 281 g/mol. The predicted octanol–water partition coefficient (Wildman–Crippen LogP) is 4.17. The normalized spacial score (nSPS) is 9.88. The first-order valence-corrected chi connectivity index (χ1v) is 6.32. The lowest BCUT2D eigenvalue weighted by Gasteiger charge is -2.12. The van der Waals surface area contributed by atoms with E-state index in [1.165, 1.54) is 16.8 Å². The number of rotatable bonds is 5. The van der Waals surface area contributed by atoms with Gasteiger partial charge >= 0.3 is 0 Å². The molecule has 0 aliphatic rings. The lowest BCUT2D eigenvalue weighted by Crippen LogP contribution is -2.04. The number of benzene rings is 1. The molecule has 0 bridgehead atoms. The van der Waals surface area contributed by atoms with Crippen LogP contribution in [0, 0.1) is 25.2 Å². The van der Waals surface area contributed by atoms with Crippen LogP contribution in [0.4, 0.5) is 5.69 Å². The van der Waals surface area contributed by atoms with E-state index in [2.05, 4.69) is 53.3 Å². The van der Waals surface area contributed by atoms with Gasteiger partial charge in [0, 0.05) is 17.4 Å². The van der Waals surface area contributed by atoms with E-state index in [4.69, 9.17) is 5.26 Å². The molecule has 0 aliphatic heterocycles. The topological polar surface area (TPSA) is 35.8 Å². The molecule has 1 aromatic rings. The molecule has 0 atom stereocenters. The minimum atomic E-state index is 0.649. The summed E-state index contributed by atoms with van der Waals surface area (Å²) in [7, 11) is 0. The maximum absolute atomic E-state index is 8.42. The van der Waals surface area contributed by atoms with E-state index >= 15 is 0 Å². The molecule has 86 valence electrons. The number of nitriles is 1. The van der Waals surface area contributed by atoms with E-state index in [-0.39, 0.29) is 0 Å². The molecule has 1 N–H and O–H groups in total. The summed E-state index contributed by atoms with van der Waals surface area (Å²) in [6.45, 7) is 5.12. The Labute approximate surface area is 106 Å². The summed E-state index contributed by atoms with van der Waals surface area (Å²) in [5.41, 5.74) is 3.69. The highest BCUT2D eigenvalue weighted by Gasteiger charge is 2.03. The molecular weight excluding hydrogens is 264 g/mol. The van der Waals surface area contributed by atoms with Crippen LogP contribution < -0.4 is 5.32 Å². The minimum absolute atomic E-state index is 0.649. The third-order valence-corrected chi connectivity index (χ3v) is 3.07. The van der Waals surface area contributed by atoms with Crippen molar-refractivity contribution in [2.45, 2.75) is 33.1 Å². The van der Waals surface area contributed by atoms with Gasteiger partial charge in [0.1, 0.15) is 0 Å². The van der Waals surface area contributed by atoms with Crippen molar-refractivity contribution < 1.29 is 0 Å². The quantitative estimate of drug-likeness (QED) is 0.822. The van der Waals surface area contributed by atoms with Crippen molar-refractivity contribution in [2.24, 2.45) is 0 Å². The second kappa shape index (κ2) is 6.55. The van der Waals surface area contributed by atoms with Gasteiger partial charge < -0.3 is 5.32 Å². The zero-order valence-electron chi connectivity index (χ0n) is 9.81. The van der Waals surface area contributed by atoms with Crippen LogP contribution in [0.3, 0.4) is 0 Å². The van der Waals surface area contributed by atoms with Gasteiger partial charge in [0.25, 0.3) is 0 Å². The molecular formula is C13H17BrN2. The second-order valence-corrected chi connectivity index (χ2v) is 4.83. The number of anilines is 1. The van der Waals surface area contributed by atoms with E-state index in [0.29, 0.717) is 6.42 Å². The SMILES string of the molecule is Cc1cc(C)c(NCCCCC#N)c(Br)c1. The molecule has 0 radical (unpaired) electrons. The van der Waals surface area contributed by atoms with Crippen molar-refractivity contribution in [1.29, 1.82) is 5.26 Å². The Hall–Kier alpha value is -1.01. The van der Waals surface area contributed by atoms with Crippen molar-refractivity contribution in [3.05, 3.63) is 27.7 Å². The van der Waals surface area contributed by atoms with Gasteiger partial charge in [-0.05, 0) is 59.8 Å². The Morgan fingerprint density at radius 1 is 1.31 bits per heavy atom. The summed E-state index contributed by atoms with van der Waals surface area (Å²) >= 11 is 3.57. The van der Waals surface area contributed by atoms with Gasteiger partial charge in [-0.1, -0.05) is 6.07 Å². The number of nitrogens with one attached hydrogen (secondary N) is 1. The number of hydrogen-bond donors (Lipinski definition) is 1. The maximum Gasteiger partial charge on any atom is 0.0621 e. The lowest BCUT2D eigenvalue weighted by atomic mass is 10.1. The van der Waals surface area contributed by atoms with Gasteiger partial charge in [-0.15, -0.1) is 0 Å². The average Bonchev–Trinajstić information content (AvgIpc) is 2.20. The van der Waals surface area contributed by atoms with Crippen LogP contribution in [0.2, 0.25) is 0 Å². The van der Waals surface area contributed by atoms with Crippen LogP contribution in [0.5, 0.6) is 0 Å². The van der Waals surface area contributed by atoms with Crippen LogP contribution in [0.15, 0.2) is 16.6 Å². The van der Waals surface area contributed by atoms with Crippen LogP contribution in [-0.2, 0) is 0 Å². The van der Waals surface area contributed by atoms with Gasteiger partial charge in [0.2, 0.25) is 0 Å². The van der Waals surface area contributed by atoms with Crippen molar-refractivity contribution in [2.75, 3.05) is 11.9 Å². The highest BCUT2D eigenvalue weighted by Crippen LogP contribution is 2.27. The van der Waals surface area contributed by atoms with E-state index in [0.717, 1.165) is 23.9 Å². The van der Waals surface area contributed by atoms with Gasteiger partial charge in [0.05, 0.1) is 11.8 Å². The molecule has 0 spiro atoms. The van der Waals surface area contributed by atoms with E-state index in [9.17, 15) is 0 Å². The second-order valence-electron chi connectivity index (χ2n) is 3.98. The largest absolute Gasteiger partial charge is 0.384 e. The van der Waals surface area contributed by atoms with Crippen molar-refractivity contribution >= 4 is 21.6 Å². The summed E-state index contributed by atoms with van der Waals surface area (Å²) in [6, 6.07) is 6.44. The number of nitrogens with zero attached hydrogens (tertiary/aromatic N) is 1. The monoisotopic (exact) mass is 280 g/mol. The number of halogens is 1. The molecule has 0 aromatic heterocycles. The first kappa shape index (κ1) is 13.1. The fourth-order valence-corrected chi connectivity index (χ4v) is 2.50. The first-order valence-electron chi connectivity index (χ1n) is 5.52. The Balaban J connectivity index is 2.51. The molecule has 0 saturated heterocycles. The standard InChI is InChI=1S/C13H17BrN2/c1-10-8-11(2)13(12(14)9-10)16-7-5-3-4-6-15/h8-9,16H,3-5,7H2,1-2H3. The summed E-state index contributed by atoms with van der Waals surface area (Å²) in [5.74, 6) is 0. The third-order valence-electron chi connectivity index (χ3n) is 2.45. The summed E-state index contributed by atoms with van der Waals surface area (Å²) in [5, 5.41) is 11.8. The van der Waals surface area contributed by atoms with Crippen LogP contribution in [-0.4, -0.2) is 6.54 Å². The Morgan fingerprint density at radius 2 is 2.06 bits per heavy atom. The smallest absolute Gasteiger partial charge is 0.0621 e. The molecule has 0 fully saturated rings. The van der Waals surface area contributed by atoms with E-state index in [1.807, 2.05) is 0 Å². The Bertz CT molecular complexity index is 370. The van der Waals surface area contributed by atoms with Crippen LogP contribution in [0.25, 0.3) is 0 Å². The van der Waals surface area contributed by atoms with Gasteiger partial charge in [-0.3, -0.25) is 0 Å². The third kappa shape index (κ3) is 3.86. The molecule has 2 nitrogen and oxygen atoms in total. The molecule has 0 saturated carbocycles. The van der Waals surface area contributed by atoms with Crippen LogP contribution >= 0.6 is 15.9 Å². The van der Waals surface area contributed by atoms with Crippen LogP contribution in [0.1, 0.15) is 30.4 Å². The molecule has 1 aromatic carbocycles. The predicted molar refractivity (Wildman–Crippen MR) is 71.6 cm³/mol. The zero-order chi connectivity index (χ0) is 12.0. The zero-order valence-corrected chi connectivity index (χ0v) is 11.4. The highest BCUT2D eigenvalue weighted by molar-refractivity contribution is 9.10. The Morgan fingerprint density at radius 3 is 2.69 bits per heavy atom. The highest BCUT2D eigenvalue weighted by atomic mass is 79.9. The van der Waals surface area contributed by atoms with E-state index < -0.39 is 0 Å². The van der Waals surface area contributed by atoms with Crippen molar-refractivity contribution in [3.63, 3.8) is 0 Å². The van der Waals surface area contributed by atoms with Crippen molar-refractivity contribution in [1.82, 2.24) is 0 Å². The van der Waals surface area contributed by atoms with E-state index in [1.54, 1.807) is 0 Å². The Kier molecular flexibility index (Phi) is 5.34. The molecule has 3 heteroatoms. The molecule has 0 unspecified atom stereocenters. The molecule has 0 aliphatic carbocycles. The fraction of sp³-hybridized carbons (Fsp3) is 0.462. The molecule has 0 amide bonds. The molecule has 0 heterocycles. The minimum Gasteiger partial charge on any atom is -0.384 e. The van der Waals surface area contributed by atoms with Crippen molar-refractivity contribution in [3.8, 4) is 6.07 Å². The summed E-state index contributed by atoms with van der Waals surface area (Å²) < 4.78 is 1.12. The van der Waals surface area contributed by atoms with Gasteiger partial charge in [-0.25, -0.2) is 0 Å². The number of hydrogen-bond acceptors (Lipinski definition) is 2. The number of aryl methyl sites for hydroxylation is 2. The first-order chi connectivity index (χ1) is 7.65. The lowest BCUT2D eigenvalue weighted by molar-refractivity contribution is 0.784. The summed E-state index contributed by atoms with van der Waals surface area (Å²) in [6.07, 6.45) is 2.65. The molecule has 16 heavy (non-hydrogen) atoms. The van der Waals surface area contributed by atoms with Gasteiger partial charge in [0.15, 0.2) is 0 Å². The summed E-state index contributed by atoms with van der Waals surface area (Å²) in [4.78, 5) is 0. The maximum atomic E-state index is 8.42. The number of unbranched alkanes of at least 4 members (excludes halogenated alkanes) is 2. The molecule has 1 rings (SSSR count). The fourth-order valence-electron chi connectivity index (χ4n) is 1.68.